The molecule has 0 atom stereocenters. The van der Waals surface area contributed by atoms with E-state index in [9.17, 15) is 0 Å². The van der Waals surface area contributed by atoms with Crippen LogP contribution >= 0.6 is 0 Å². The molecule has 3 rings (SSSR count). The fraction of sp³-hybridized carbons (Fsp3) is 0.286. The van der Waals surface area contributed by atoms with Gasteiger partial charge in [0.05, 0.1) is 12.4 Å². The molecule has 0 bridgehead atoms. The molecule has 18 heavy (non-hydrogen) atoms. The van der Waals surface area contributed by atoms with E-state index in [1.165, 1.54) is 17.7 Å². The molecule has 2 aromatic rings. The quantitative estimate of drug-likeness (QED) is 0.832. The Balaban J connectivity index is 2.06. The van der Waals surface area contributed by atoms with Crippen molar-refractivity contribution in [2.75, 3.05) is 17.2 Å². The van der Waals surface area contributed by atoms with Crippen molar-refractivity contribution in [2.45, 2.75) is 19.3 Å². The van der Waals surface area contributed by atoms with Crippen molar-refractivity contribution in [1.82, 2.24) is 9.97 Å². The average molecular weight is 240 g/mol. The SMILES string of the molecule is Nc1cncc(N2CCCCc3ccccc32)n1. The summed E-state index contributed by atoms with van der Waals surface area (Å²) >= 11 is 0. The molecule has 0 spiro atoms. The largest absolute Gasteiger partial charge is 0.382 e. The van der Waals surface area contributed by atoms with Gasteiger partial charge in [-0.1, -0.05) is 18.2 Å². The van der Waals surface area contributed by atoms with E-state index in [0.717, 1.165) is 25.2 Å². The zero-order valence-electron chi connectivity index (χ0n) is 10.2. The van der Waals surface area contributed by atoms with E-state index < -0.39 is 0 Å². The van der Waals surface area contributed by atoms with Crippen LogP contribution in [0, 0.1) is 0 Å². The van der Waals surface area contributed by atoms with E-state index in [1.807, 2.05) is 0 Å². The van der Waals surface area contributed by atoms with Gasteiger partial charge in [-0.2, -0.15) is 0 Å². The molecular weight excluding hydrogens is 224 g/mol. The summed E-state index contributed by atoms with van der Waals surface area (Å²) in [5.74, 6) is 1.30. The van der Waals surface area contributed by atoms with Gasteiger partial charge in [-0.25, -0.2) is 4.98 Å². The Hall–Kier alpha value is -2.10. The number of nitrogens with two attached hydrogens (primary N) is 1. The lowest BCUT2D eigenvalue weighted by Gasteiger charge is -2.23. The van der Waals surface area contributed by atoms with Gasteiger partial charge in [0.15, 0.2) is 5.82 Å². The molecular formula is C14H16N4. The summed E-state index contributed by atoms with van der Waals surface area (Å²) in [6.07, 6.45) is 6.85. The van der Waals surface area contributed by atoms with E-state index in [2.05, 4.69) is 39.1 Å². The van der Waals surface area contributed by atoms with Gasteiger partial charge in [0.2, 0.25) is 0 Å². The zero-order valence-corrected chi connectivity index (χ0v) is 10.2. The number of nitrogen functional groups attached to an aromatic ring is 1. The van der Waals surface area contributed by atoms with Crippen molar-refractivity contribution in [2.24, 2.45) is 0 Å². The van der Waals surface area contributed by atoms with Crippen molar-refractivity contribution in [3.05, 3.63) is 42.2 Å². The smallest absolute Gasteiger partial charge is 0.153 e. The molecule has 0 radical (unpaired) electrons. The van der Waals surface area contributed by atoms with Crippen molar-refractivity contribution < 1.29 is 0 Å². The third kappa shape index (κ3) is 2.01. The summed E-state index contributed by atoms with van der Waals surface area (Å²) in [7, 11) is 0. The molecule has 0 amide bonds. The first-order chi connectivity index (χ1) is 8.84. The predicted molar refractivity (Wildman–Crippen MR) is 72.8 cm³/mol. The van der Waals surface area contributed by atoms with Crippen molar-refractivity contribution in [3.63, 3.8) is 0 Å². The van der Waals surface area contributed by atoms with E-state index in [4.69, 9.17) is 5.73 Å². The van der Waals surface area contributed by atoms with E-state index in [0.29, 0.717) is 5.82 Å². The molecule has 2 heterocycles. The van der Waals surface area contributed by atoms with E-state index in [1.54, 1.807) is 12.4 Å². The van der Waals surface area contributed by atoms with Gasteiger partial charge in [0.1, 0.15) is 5.82 Å². The molecule has 0 fully saturated rings. The lowest BCUT2D eigenvalue weighted by Crippen LogP contribution is -2.19. The molecule has 4 heteroatoms. The fourth-order valence-electron chi connectivity index (χ4n) is 2.43. The van der Waals surface area contributed by atoms with Crippen LogP contribution in [-0.4, -0.2) is 16.5 Å². The highest BCUT2D eigenvalue weighted by molar-refractivity contribution is 5.64. The summed E-state index contributed by atoms with van der Waals surface area (Å²) < 4.78 is 0. The van der Waals surface area contributed by atoms with Gasteiger partial charge in [-0.05, 0) is 30.9 Å². The monoisotopic (exact) mass is 240 g/mol. The van der Waals surface area contributed by atoms with Gasteiger partial charge >= 0.3 is 0 Å². The lowest BCUT2D eigenvalue weighted by atomic mass is 10.1. The standard InChI is InChI=1S/C14H16N4/c15-13-9-16-10-14(17-13)18-8-4-3-6-11-5-1-2-7-12(11)18/h1-2,5,7,9-10H,3-4,6,8H2,(H2,15,17). The Morgan fingerprint density at radius 1 is 1.11 bits per heavy atom. The Labute approximate surface area is 106 Å². The first-order valence-electron chi connectivity index (χ1n) is 6.27. The molecule has 92 valence electrons. The van der Waals surface area contributed by atoms with Crippen LogP contribution in [0.15, 0.2) is 36.7 Å². The van der Waals surface area contributed by atoms with E-state index in [-0.39, 0.29) is 0 Å². The topological polar surface area (TPSA) is 55.0 Å². The van der Waals surface area contributed by atoms with Gasteiger partial charge in [0.25, 0.3) is 0 Å². The van der Waals surface area contributed by atoms with E-state index >= 15 is 0 Å². The third-order valence-electron chi connectivity index (χ3n) is 3.28. The minimum absolute atomic E-state index is 0.467. The Morgan fingerprint density at radius 3 is 2.89 bits per heavy atom. The number of hydrogen-bond acceptors (Lipinski definition) is 4. The minimum Gasteiger partial charge on any atom is -0.382 e. The Morgan fingerprint density at radius 2 is 2.00 bits per heavy atom. The zero-order chi connectivity index (χ0) is 12.4. The minimum atomic E-state index is 0.467. The maximum Gasteiger partial charge on any atom is 0.153 e. The highest BCUT2D eigenvalue weighted by Gasteiger charge is 2.17. The number of aryl methyl sites for hydroxylation is 1. The summed E-state index contributed by atoms with van der Waals surface area (Å²) in [6.45, 7) is 0.967. The van der Waals surface area contributed by atoms with Gasteiger partial charge in [-0.3, -0.25) is 4.98 Å². The van der Waals surface area contributed by atoms with Crippen LogP contribution in [0.1, 0.15) is 18.4 Å². The molecule has 2 N–H and O–H groups in total. The fourth-order valence-corrected chi connectivity index (χ4v) is 2.43. The molecule has 1 aromatic heterocycles. The second-order valence-electron chi connectivity index (χ2n) is 4.54. The average Bonchev–Trinajstić information content (AvgIpc) is 2.61. The second-order valence-corrected chi connectivity index (χ2v) is 4.54. The summed E-state index contributed by atoms with van der Waals surface area (Å²) in [4.78, 5) is 10.7. The number of rotatable bonds is 1. The third-order valence-corrected chi connectivity index (χ3v) is 3.28. The first-order valence-corrected chi connectivity index (χ1v) is 6.27. The van der Waals surface area contributed by atoms with Crippen LogP contribution in [0.2, 0.25) is 0 Å². The highest BCUT2D eigenvalue weighted by atomic mass is 15.2. The molecule has 0 aliphatic carbocycles. The van der Waals surface area contributed by atoms with Gasteiger partial charge in [0, 0.05) is 12.2 Å². The normalized spacial score (nSPS) is 15.0. The summed E-state index contributed by atoms with van der Waals surface area (Å²) in [5.41, 5.74) is 8.33. The van der Waals surface area contributed by atoms with Crippen LogP contribution in [-0.2, 0) is 6.42 Å². The number of benzene rings is 1. The number of hydrogen-bond donors (Lipinski definition) is 1. The number of para-hydroxylation sites is 1. The predicted octanol–water partition coefficient (Wildman–Crippen LogP) is 2.53. The molecule has 0 saturated carbocycles. The summed E-state index contributed by atoms with van der Waals surface area (Å²) in [6, 6.07) is 8.49. The number of anilines is 3. The van der Waals surface area contributed by atoms with Crippen LogP contribution in [0.25, 0.3) is 0 Å². The van der Waals surface area contributed by atoms with Crippen molar-refractivity contribution >= 4 is 17.3 Å². The van der Waals surface area contributed by atoms with Crippen LogP contribution in [0.3, 0.4) is 0 Å². The summed E-state index contributed by atoms with van der Waals surface area (Å²) in [5, 5.41) is 0. The van der Waals surface area contributed by atoms with Crippen molar-refractivity contribution in [1.29, 1.82) is 0 Å². The first kappa shape index (κ1) is 11.0. The van der Waals surface area contributed by atoms with Gasteiger partial charge < -0.3 is 10.6 Å². The molecule has 0 unspecified atom stereocenters. The maximum atomic E-state index is 5.72. The molecule has 4 nitrogen and oxygen atoms in total. The Bertz CT molecular complexity index is 553. The highest BCUT2D eigenvalue weighted by Crippen LogP contribution is 2.31. The second kappa shape index (κ2) is 4.64. The number of aromatic nitrogens is 2. The molecule has 0 saturated heterocycles. The van der Waals surface area contributed by atoms with Crippen LogP contribution in [0.5, 0.6) is 0 Å². The maximum absolute atomic E-state index is 5.72. The van der Waals surface area contributed by atoms with Crippen LogP contribution < -0.4 is 10.6 Å². The number of fused-ring (bicyclic) bond motifs is 1. The Kier molecular flexibility index (Phi) is 2.84. The van der Waals surface area contributed by atoms with Crippen LogP contribution in [0.4, 0.5) is 17.3 Å². The van der Waals surface area contributed by atoms with Crippen molar-refractivity contribution in [3.8, 4) is 0 Å². The molecule has 1 aliphatic rings. The molecule has 1 aliphatic heterocycles. The number of nitrogens with zero attached hydrogens (tertiary/aromatic N) is 3. The molecule has 1 aromatic carbocycles. The lowest BCUT2D eigenvalue weighted by molar-refractivity contribution is 0.757. The van der Waals surface area contributed by atoms with Gasteiger partial charge in [-0.15, -0.1) is 0 Å².